The molecule has 3 rings (SSSR count). The predicted molar refractivity (Wildman–Crippen MR) is 144 cm³/mol. The molecule has 36 heavy (non-hydrogen) atoms. The van der Waals surface area contributed by atoms with Gasteiger partial charge in [0.2, 0.25) is 20.0 Å². The fraction of sp³-hybridized carbons (Fsp3) is 0.333. The SMILES string of the molecule is CCCNS(=O)(=O)C(C)(C)c1ccc(-c2ccc(CCNS(=O)(=O)c3ccc(OC)cc3)cc2)cc1. The highest BCUT2D eigenvalue weighted by Crippen LogP contribution is 2.31. The summed E-state index contributed by atoms with van der Waals surface area (Å²) < 4.78 is 59.7. The van der Waals surface area contributed by atoms with Crippen molar-refractivity contribution < 1.29 is 21.6 Å². The van der Waals surface area contributed by atoms with E-state index in [1.807, 2.05) is 55.5 Å². The second-order valence-corrected chi connectivity index (χ2v) is 13.1. The molecule has 2 N–H and O–H groups in total. The quantitative estimate of drug-likeness (QED) is 0.360. The van der Waals surface area contributed by atoms with Gasteiger partial charge in [-0.25, -0.2) is 26.3 Å². The van der Waals surface area contributed by atoms with Gasteiger partial charge in [0, 0.05) is 13.1 Å². The highest BCUT2D eigenvalue weighted by molar-refractivity contribution is 7.90. The molecule has 9 heteroatoms. The van der Waals surface area contributed by atoms with Gasteiger partial charge in [0.25, 0.3) is 0 Å². The lowest BCUT2D eigenvalue weighted by Crippen LogP contribution is -2.39. The molecule has 0 fully saturated rings. The van der Waals surface area contributed by atoms with E-state index < -0.39 is 24.8 Å². The molecule has 0 heterocycles. The molecular formula is C27H34N2O5S2. The van der Waals surface area contributed by atoms with E-state index in [1.54, 1.807) is 26.0 Å². The largest absolute Gasteiger partial charge is 0.497 e. The van der Waals surface area contributed by atoms with Crippen LogP contribution < -0.4 is 14.2 Å². The first kappa shape index (κ1) is 27.9. The van der Waals surface area contributed by atoms with E-state index in [0.717, 1.165) is 28.7 Å². The van der Waals surface area contributed by atoms with Crippen molar-refractivity contribution in [3.63, 3.8) is 0 Å². The summed E-state index contributed by atoms with van der Waals surface area (Å²) in [4.78, 5) is 0.194. The van der Waals surface area contributed by atoms with Gasteiger partial charge < -0.3 is 4.74 Å². The van der Waals surface area contributed by atoms with Gasteiger partial charge in [0.1, 0.15) is 10.5 Å². The van der Waals surface area contributed by atoms with Gasteiger partial charge in [-0.15, -0.1) is 0 Å². The van der Waals surface area contributed by atoms with Crippen LogP contribution in [0.3, 0.4) is 0 Å². The maximum absolute atomic E-state index is 12.7. The van der Waals surface area contributed by atoms with Crippen LogP contribution in [-0.2, 0) is 31.2 Å². The molecule has 0 aliphatic rings. The lowest BCUT2D eigenvalue weighted by molar-refractivity contribution is 0.414. The van der Waals surface area contributed by atoms with E-state index in [4.69, 9.17) is 4.74 Å². The van der Waals surface area contributed by atoms with Crippen molar-refractivity contribution in [1.29, 1.82) is 0 Å². The summed E-state index contributed by atoms with van der Waals surface area (Å²) in [5.41, 5.74) is 3.69. The van der Waals surface area contributed by atoms with Crippen molar-refractivity contribution in [2.75, 3.05) is 20.2 Å². The van der Waals surface area contributed by atoms with Crippen molar-refractivity contribution in [2.24, 2.45) is 0 Å². The second-order valence-electron chi connectivity index (χ2n) is 9.01. The number of rotatable bonds is 12. The fourth-order valence-corrected chi connectivity index (χ4v) is 5.98. The average Bonchev–Trinajstić information content (AvgIpc) is 2.88. The van der Waals surface area contributed by atoms with Gasteiger partial charge in [-0.3, -0.25) is 0 Å². The van der Waals surface area contributed by atoms with Gasteiger partial charge in [-0.2, -0.15) is 0 Å². The summed E-state index contributed by atoms with van der Waals surface area (Å²) in [6.07, 6.45) is 1.28. The molecule has 0 amide bonds. The third-order valence-corrected chi connectivity index (χ3v) is 9.80. The Labute approximate surface area is 215 Å². The van der Waals surface area contributed by atoms with Crippen LogP contribution in [0.4, 0.5) is 0 Å². The smallest absolute Gasteiger partial charge is 0.240 e. The summed E-state index contributed by atoms with van der Waals surface area (Å²) in [6.45, 7) is 6.03. The van der Waals surface area contributed by atoms with Crippen molar-refractivity contribution >= 4 is 20.0 Å². The zero-order chi connectivity index (χ0) is 26.4. The summed E-state index contributed by atoms with van der Waals surface area (Å²) in [6, 6.07) is 21.7. The minimum Gasteiger partial charge on any atom is -0.497 e. The summed E-state index contributed by atoms with van der Waals surface area (Å²) in [5, 5.41) is 0. The lowest BCUT2D eigenvalue weighted by Gasteiger charge is -2.26. The van der Waals surface area contributed by atoms with E-state index in [0.29, 0.717) is 18.7 Å². The summed E-state index contributed by atoms with van der Waals surface area (Å²) >= 11 is 0. The van der Waals surface area contributed by atoms with Crippen LogP contribution in [0.5, 0.6) is 5.75 Å². The normalized spacial score (nSPS) is 12.4. The molecule has 0 saturated heterocycles. The monoisotopic (exact) mass is 530 g/mol. The number of methoxy groups -OCH3 is 1. The molecule has 0 bridgehead atoms. The third-order valence-electron chi connectivity index (χ3n) is 6.16. The van der Waals surface area contributed by atoms with Crippen molar-refractivity contribution in [3.8, 4) is 16.9 Å². The van der Waals surface area contributed by atoms with Gasteiger partial charge >= 0.3 is 0 Å². The number of benzene rings is 3. The molecule has 7 nitrogen and oxygen atoms in total. The minimum atomic E-state index is -3.59. The highest BCUT2D eigenvalue weighted by Gasteiger charge is 2.35. The Kier molecular flexibility index (Phi) is 8.94. The molecule has 194 valence electrons. The molecule has 3 aromatic carbocycles. The van der Waals surface area contributed by atoms with E-state index in [-0.39, 0.29) is 11.4 Å². The molecule has 0 unspecified atom stereocenters. The van der Waals surface area contributed by atoms with Crippen LogP contribution >= 0.6 is 0 Å². The Morgan fingerprint density at radius 3 is 1.83 bits per heavy atom. The molecular weight excluding hydrogens is 496 g/mol. The van der Waals surface area contributed by atoms with Crippen molar-refractivity contribution in [2.45, 2.75) is 43.3 Å². The number of sulfonamides is 2. The van der Waals surface area contributed by atoms with Crippen molar-refractivity contribution in [1.82, 2.24) is 9.44 Å². The molecule has 0 aliphatic heterocycles. The molecule has 0 aliphatic carbocycles. The van der Waals surface area contributed by atoms with Crippen LogP contribution in [0.1, 0.15) is 38.3 Å². The average molecular weight is 531 g/mol. The van der Waals surface area contributed by atoms with Crippen LogP contribution in [0, 0.1) is 0 Å². The van der Waals surface area contributed by atoms with Crippen LogP contribution in [-0.4, -0.2) is 37.0 Å². The third kappa shape index (κ3) is 6.53. The van der Waals surface area contributed by atoms with Crippen LogP contribution in [0.2, 0.25) is 0 Å². The Hall–Kier alpha value is -2.72. The predicted octanol–water partition coefficient (Wildman–Crippen LogP) is 4.45. The van der Waals surface area contributed by atoms with Gasteiger partial charge in [0.15, 0.2) is 0 Å². The first-order chi connectivity index (χ1) is 17.0. The maximum Gasteiger partial charge on any atom is 0.240 e. The van der Waals surface area contributed by atoms with Crippen LogP contribution in [0.25, 0.3) is 11.1 Å². The minimum absolute atomic E-state index is 0.194. The molecule has 0 atom stereocenters. The van der Waals surface area contributed by atoms with Crippen LogP contribution in [0.15, 0.2) is 77.7 Å². The second kappa shape index (κ2) is 11.6. The molecule has 3 aromatic rings. The number of hydrogen-bond acceptors (Lipinski definition) is 5. The number of ether oxygens (including phenoxy) is 1. The van der Waals surface area contributed by atoms with E-state index >= 15 is 0 Å². The van der Waals surface area contributed by atoms with E-state index in [1.165, 1.54) is 19.2 Å². The van der Waals surface area contributed by atoms with Gasteiger partial charge in [0.05, 0.1) is 12.0 Å². The van der Waals surface area contributed by atoms with Crippen molar-refractivity contribution in [3.05, 3.63) is 83.9 Å². The molecule has 0 saturated carbocycles. The van der Waals surface area contributed by atoms with E-state index in [2.05, 4.69) is 9.44 Å². The fourth-order valence-electron chi connectivity index (χ4n) is 3.67. The standard InChI is InChI=1S/C27H34N2O5S2/c1-5-19-29-36(32,33)27(2,3)24-12-10-23(11-13-24)22-8-6-21(7-9-22)18-20-28-35(30,31)26-16-14-25(34-4)15-17-26/h6-17,28-29H,5,18-20H2,1-4H3. The maximum atomic E-state index is 12.7. The van der Waals surface area contributed by atoms with Gasteiger partial charge in [-0.05, 0) is 73.2 Å². The zero-order valence-electron chi connectivity index (χ0n) is 21.1. The Morgan fingerprint density at radius 1 is 0.750 bits per heavy atom. The summed E-state index contributed by atoms with van der Waals surface area (Å²) in [7, 11) is -5.56. The van der Waals surface area contributed by atoms with Gasteiger partial charge in [-0.1, -0.05) is 55.5 Å². The zero-order valence-corrected chi connectivity index (χ0v) is 22.7. The topological polar surface area (TPSA) is 102 Å². The molecule has 0 spiro atoms. The highest BCUT2D eigenvalue weighted by atomic mass is 32.2. The number of hydrogen-bond donors (Lipinski definition) is 2. The first-order valence-corrected chi connectivity index (χ1v) is 14.8. The number of nitrogens with one attached hydrogen (secondary N) is 2. The summed E-state index contributed by atoms with van der Waals surface area (Å²) in [5.74, 6) is 0.599. The van der Waals surface area contributed by atoms with E-state index in [9.17, 15) is 16.8 Å². The Morgan fingerprint density at radius 2 is 1.31 bits per heavy atom. The first-order valence-electron chi connectivity index (χ1n) is 11.8. The molecule has 0 radical (unpaired) electrons. The Balaban J connectivity index is 1.62. The Bertz CT molecular complexity index is 1350. The molecule has 0 aromatic heterocycles. The lowest BCUT2D eigenvalue weighted by atomic mass is 9.97.